The number of fused-ring (bicyclic) bond motifs is 1. The Hall–Kier alpha value is -1.89. The Balaban J connectivity index is 1.91. The van der Waals surface area contributed by atoms with E-state index in [0.717, 1.165) is 17.5 Å². The zero-order valence-corrected chi connectivity index (χ0v) is 17.0. The summed E-state index contributed by atoms with van der Waals surface area (Å²) in [5, 5.41) is 2.97. The minimum Gasteiger partial charge on any atom is -0.350 e. The van der Waals surface area contributed by atoms with Crippen molar-refractivity contribution in [2.75, 3.05) is 6.54 Å². The normalized spacial score (nSPS) is 15.8. The molecule has 0 aliphatic carbocycles. The third-order valence-electron chi connectivity index (χ3n) is 4.90. The summed E-state index contributed by atoms with van der Waals surface area (Å²) in [5.41, 5.74) is 2.45. The van der Waals surface area contributed by atoms with Crippen molar-refractivity contribution >= 4 is 27.5 Å². The average Bonchev–Trinajstić information content (AvgIpc) is 2.67. The summed E-state index contributed by atoms with van der Waals surface area (Å²) in [6, 6.07) is 12.2. The Morgan fingerprint density at radius 2 is 1.93 bits per heavy atom. The molecule has 5 nitrogen and oxygen atoms in total. The van der Waals surface area contributed by atoms with Gasteiger partial charge in [-0.1, -0.05) is 42.8 Å². The quantitative estimate of drug-likeness (QED) is 0.824. The lowest BCUT2D eigenvalue weighted by Crippen LogP contribution is -2.36. The zero-order valence-electron chi connectivity index (χ0n) is 15.4. The molecule has 1 amide bonds. The molecule has 7 heteroatoms. The molecule has 1 aliphatic heterocycles. The number of carbonyl (C=O) groups excluding carboxylic acids is 1. The number of benzene rings is 2. The van der Waals surface area contributed by atoms with Gasteiger partial charge in [-0.05, 0) is 49.1 Å². The summed E-state index contributed by atoms with van der Waals surface area (Å²) < 4.78 is 27.8. The number of amides is 1. The first-order chi connectivity index (χ1) is 12.8. The monoisotopic (exact) mass is 406 g/mol. The van der Waals surface area contributed by atoms with E-state index in [4.69, 9.17) is 11.6 Å². The van der Waals surface area contributed by atoms with Crippen LogP contribution in [0.1, 0.15) is 41.8 Å². The van der Waals surface area contributed by atoms with Crippen molar-refractivity contribution < 1.29 is 13.2 Å². The molecule has 1 atom stereocenters. The Morgan fingerprint density at radius 1 is 1.22 bits per heavy atom. The van der Waals surface area contributed by atoms with Crippen LogP contribution in [0.2, 0.25) is 5.02 Å². The molecule has 1 unspecified atom stereocenters. The van der Waals surface area contributed by atoms with Gasteiger partial charge >= 0.3 is 0 Å². The molecule has 0 saturated heterocycles. The number of nitrogens with one attached hydrogen (secondary N) is 1. The van der Waals surface area contributed by atoms with E-state index in [1.165, 1.54) is 16.4 Å². The van der Waals surface area contributed by atoms with Gasteiger partial charge in [0.15, 0.2) is 0 Å². The van der Waals surface area contributed by atoms with E-state index in [9.17, 15) is 13.2 Å². The van der Waals surface area contributed by atoms with Gasteiger partial charge in [0.25, 0.3) is 5.91 Å². The second-order valence-corrected chi connectivity index (χ2v) is 9.10. The van der Waals surface area contributed by atoms with Gasteiger partial charge in [-0.15, -0.1) is 0 Å². The summed E-state index contributed by atoms with van der Waals surface area (Å²) in [6.45, 7) is 4.56. The lowest BCUT2D eigenvalue weighted by molar-refractivity contribution is 0.0939. The maximum Gasteiger partial charge on any atom is 0.251 e. The number of nitrogens with zero attached hydrogens (tertiary/aromatic N) is 1. The minimum absolute atomic E-state index is 0.00633. The van der Waals surface area contributed by atoms with Crippen LogP contribution in [0.5, 0.6) is 0 Å². The van der Waals surface area contributed by atoms with Crippen LogP contribution < -0.4 is 5.32 Å². The Morgan fingerprint density at radius 3 is 2.63 bits per heavy atom. The summed E-state index contributed by atoms with van der Waals surface area (Å²) in [6.07, 6.45) is 1.44. The Bertz CT molecular complexity index is 959. The summed E-state index contributed by atoms with van der Waals surface area (Å²) in [5.74, 6) is -0.304. The fourth-order valence-corrected chi connectivity index (χ4v) is 4.98. The molecule has 0 aromatic heterocycles. The van der Waals surface area contributed by atoms with Crippen molar-refractivity contribution in [1.82, 2.24) is 9.62 Å². The third-order valence-corrected chi connectivity index (χ3v) is 7.22. The highest BCUT2D eigenvalue weighted by molar-refractivity contribution is 7.89. The van der Waals surface area contributed by atoms with Gasteiger partial charge in [0, 0.05) is 24.7 Å². The van der Waals surface area contributed by atoms with Crippen LogP contribution in [-0.4, -0.2) is 31.2 Å². The second-order valence-electron chi connectivity index (χ2n) is 6.79. The smallest absolute Gasteiger partial charge is 0.251 e. The molecule has 0 radical (unpaired) electrons. The van der Waals surface area contributed by atoms with Crippen molar-refractivity contribution in [2.45, 2.75) is 44.2 Å². The van der Waals surface area contributed by atoms with Crippen molar-refractivity contribution in [2.24, 2.45) is 0 Å². The highest BCUT2D eigenvalue weighted by atomic mass is 35.5. The van der Waals surface area contributed by atoms with Crippen molar-refractivity contribution in [3.63, 3.8) is 0 Å². The number of rotatable bonds is 5. The van der Waals surface area contributed by atoms with Gasteiger partial charge in [0.1, 0.15) is 4.90 Å². The minimum atomic E-state index is -3.80. The van der Waals surface area contributed by atoms with Crippen molar-refractivity contribution in [3.8, 4) is 0 Å². The predicted molar refractivity (Wildman–Crippen MR) is 106 cm³/mol. The van der Waals surface area contributed by atoms with Gasteiger partial charge in [-0.2, -0.15) is 4.31 Å². The lowest BCUT2D eigenvalue weighted by Gasteiger charge is -2.28. The first-order valence-electron chi connectivity index (χ1n) is 9.00. The van der Waals surface area contributed by atoms with Gasteiger partial charge in [0.05, 0.1) is 5.02 Å². The Kier molecular flexibility index (Phi) is 5.89. The molecule has 27 heavy (non-hydrogen) atoms. The van der Waals surface area contributed by atoms with Crippen LogP contribution in [0.4, 0.5) is 0 Å². The standard InChI is InChI=1S/C20H23ClN2O3S/c1-3-14(2)22-20(24)16-8-9-18(21)19(12-16)27(25,26)23-11-10-15-6-4-5-7-17(15)13-23/h4-9,12,14H,3,10-11,13H2,1-2H3,(H,22,24). The van der Waals surface area contributed by atoms with Crippen LogP contribution in [0, 0.1) is 0 Å². The highest BCUT2D eigenvalue weighted by Crippen LogP contribution is 2.29. The molecule has 144 valence electrons. The van der Waals surface area contributed by atoms with Crippen molar-refractivity contribution in [3.05, 3.63) is 64.2 Å². The molecule has 0 saturated carbocycles. The summed E-state index contributed by atoms with van der Waals surface area (Å²) >= 11 is 6.20. The van der Waals surface area contributed by atoms with Gasteiger partial charge < -0.3 is 5.32 Å². The number of hydrogen-bond donors (Lipinski definition) is 1. The van der Waals surface area contributed by atoms with E-state index < -0.39 is 10.0 Å². The number of hydrogen-bond acceptors (Lipinski definition) is 3. The van der Waals surface area contributed by atoms with Crippen LogP contribution in [0.3, 0.4) is 0 Å². The number of sulfonamides is 1. The first-order valence-corrected chi connectivity index (χ1v) is 10.8. The Labute approximate surface area is 165 Å². The van der Waals surface area contributed by atoms with Crippen LogP contribution in [-0.2, 0) is 23.0 Å². The van der Waals surface area contributed by atoms with Crippen LogP contribution in [0.15, 0.2) is 47.4 Å². The van der Waals surface area contributed by atoms with E-state index >= 15 is 0 Å². The van der Waals surface area contributed by atoms with Gasteiger partial charge in [-0.3, -0.25) is 4.79 Å². The zero-order chi connectivity index (χ0) is 19.6. The fourth-order valence-electron chi connectivity index (χ4n) is 3.07. The SMILES string of the molecule is CCC(C)NC(=O)c1ccc(Cl)c(S(=O)(=O)N2CCc3ccccc3C2)c1. The fraction of sp³-hybridized carbons (Fsp3) is 0.350. The summed E-state index contributed by atoms with van der Waals surface area (Å²) in [7, 11) is -3.80. The molecule has 2 aromatic carbocycles. The maximum absolute atomic E-state index is 13.2. The van der Waals surface area contributed by atoms with E-state index in [1.807, 2.05) is 38.1 Å². The van der Waals surface area contributed by atoms with Crippen LogP contribution in [0.25, 0.3) is 0 Å². The molecule has 0 fully saturated rings. The third kappa shape index (κ3) is 4.18. The van der Waals surface area contributed by atoms with Gasteiger partial charge in [-0.25, -0.2) is 8.42 Å². The molecule has 3 rings (SSSR count). The summed E-state index contributed by atoms with van der Waals surface area (Å²) in [4.78, 5) is 12.4. The average molecular weight is 407 g/mol. The molecule has 0 bridgehead atoms. The second kappa shape index (κ2) is 8.00. The molecule has 1 aliphatic rings. The molecular weight excluding hydrogens is 384 g/mol. The van der Waals surface area contributed by atoms with Crippen LogP contribution >= 0.6 is 11.6 Å². The molecule has 2 aromatic rings. The predicted octanol–water partition coefficient (Wildman–Crippen LogP) is 3.62. The molecular formula is C20H23ClN2O3S. The van der Waals surface area contributed by atoms with Gasteiger partial charge in [0.2, 0.25) is 10.0 Å². The number of carbonyl (C=O) groups is 1. The van der Waals surface area contributed by atoms with E-state index in [1.54, 1.807) is 6.07 Å². The number of halogens is 1. The first kappa shape index (κ1) is 19.9. The lowest BCUT2D eigenvalue weighted by atomic mass is 10.0. The van der Waals surface area contributed by atoms with E-state index in [2.05, 4.69) is 5.32 Å². The van der Waals surface area contributed by atoms with E-state index in [-0.39, 0.29) is 27.4 Å². The molecule has 1 N–H and O–H groups in total. The largest absolute Gasteiger partial charge is 0.350 e. The maximum atomic E-state index is 13.2. The molecule has 1 heterocycles. The topological polar surface area (TPSA) is 66.5 Å². The highest BCUT2D eigenvalue weighted by Gasteiger charge is 2.30. The molecule has 0 spiro atoms. The van der Waals surface area contributed by atoms with E-state index in [0.29, 0.717) is 19.5 Å². The van der Waals surface area contributed by atoms with Crippen molar-refractivity contribution in [1.29, 1.82) is 0 Å².